The number of terminal acetylenes is 2. The summed E-state index contributed by atoms with van der Waals surface area (Å²) >= 11 is 0. The van der Waals surface area contributed by atoms with Crippen molar-refractivity contribution in [3.05, 3.63) is 230 Å². The molecule has 0 N–H and O–H groups in total. The molecule has 1 aromatic heterocycles. The zero-order valence-electron chi connectivity index (χ0n) is 36.3. The van der Waals surface area contributed by atoms with Crippen LogP contribution < -0.4 is 26.2 Å². The Morgan fingerprint density at radius 2 is 0.672 bits per heavy atom. The maximum absolute atomic E-state index is 5.70. The van der Waals surface area contributed by atoms with Crippen molar-refractivity contribution in [2.45, 2.75) is 0 Å². The Balaban J connectivity index is 1.11. The lowest BCUT2D eigenvalue weighted by molar-refractivity contribution is 1.07. The van der Waals surface area contributed by atoms with E-state index in [1.54, 1.807) is 0 Å². The second-order valence-corrected chi connectivity index (χ2v) is 16.7. The third-order valence-electron chi connectivity index (χ3n) is 12.9. The Hall–Kier alpha value is -9.23. The molecule has 0 saturated carbocycles. The summed E-state index contributed by atoms with van der Waals surface area (Å²) in [6.45, 7) is -0.0556. The first-order chi connectivity index (χ1) is 33.1. The number of para-hydroxylation sites is 2. The van der Waals surface area contributed by atoms with E-state index in [1.165, 1.54) is 16.4 Å². The Kier molecular flexibility index (Phi) is 9.64. The van der Waals surface area contributed by atoms with Crippen LogP contribution in [0.5, 0.6) is 0 Å². The van der Waals surface area contributed by atoms with Gasteiger partial charge in [0.25, 0.3) is 6.71 Å². The fraction of sp³-hybridized carbons (Fsp3) is 0. The molecule has 2 aliphatic rings. The molecule has 310 valence electrons. The summed E-state index contributed by atoms with van der Waals surface area (Å²) in [5.74, 6) is 7.27. The highest BCUT2D eigenvalue weighted by Gasteiger charge is 2.43. The number of hydrogen-bond acceptors (Lipinski definition) is 5. The average Bonchev–Trinajstić information content (AvgIpc) is 3.41. The van der Waals surface area contributed by atoms with Crippen molar-refractivity contribution in [3.8, 4) is 81.1 Å². The standard InChI is InChI=1S/C61H38BN5/c1-3-41-23-27-43(28-24-41)45-31-35-50(36-32-45)66-54-21-13-11-19-52(54)62-53-20-12-14-22-55(53)67(51-37-33-46(34-38-51)44-29-25-42(4-2)26-30-44)57-40-49(39-56(66)58(57)62)61-64-59(47-15-7-5-8-16-47)63-60(65-61)48-17-9-6-10-18-48/h1-2,5-40H. The fourth-order valence-electron chi connectivity index (χ4n) is 9.64. The summed E-state index contributed by atoms with van der Waals surface area (Å²) in [4.78, 5) is 20.4. The molecule has 0 spiro atoms. The van der Waals surface area contributed by atoms with Crippen LogP contribution in [0.3, 0.4) is 0 Å². The number of anilines is 6. The molecule has 0 saturated heterocycles. The lowest BCUT2D eigenvalue weighted by atomic mass is 9.33. The molecular weight excluding hydrogens is 814 g/mol. The molecule has 0 radical (unpaired) electrons. The quantitative estimate of drug-likeness (QED) is 0.118. The first kappa shape index (κ1) is 39.4. The molecule has 3 heterocycles. The molecule has 5 nitrogen and oxygen atoms in total. The van der Waals surface area contributed by atoms with E-state index < -0.39 is 0 Å². The number of nitrogens with zero attached hydrogens (tertiary/aromatic N) is 5. The summed E-state index contributed by atoms with van der Waals surface area (Å²) in [6, 6.07) is 76.4. The van der Waals surface area contributed by atoms with E-state index in [1.807, 2.05) is 84.9 Å². The van der Waals surface area contributed by atoms with Crippen molar-refractivity contribution in [3.63, 3.8) is 0 Å². The van der Waals surface area contributed by atoms with Gasteiger partial charge in [0.15, 0.2) is 17.5 Å². The lowest BCUT2D eigenvalue weighted by Crippen LogP contribution is -2.61. The van der Waals surface area contributed by atoms with Gasteiger partial charge in [0.2, 0.25) is 0 Å². The minimum absolute atomic E-state index is 0.0556. The van der Waals surface area contributed by atoms with E-state index in [0.29, 0.717) is 17.5 Å². The van der Waals surface area contributed by atoms with Crippen molar-refractivity contribution in [1.82, 2.24) is 15.0 Å². The van der Waals surface area contributed by atoms with Crippen LogP contribution in [0.15, 0.2) is 218 Å². The van der Waals surface area contributed by atoms with Crippen LogP contribution in [0, 0.1) is 24.7 Å². The van der Waals surface area contributed by atoms with Gasteiger partial charge >= 0.3 is 0 Å². The molecule has 0 atom stereocenters. The van der Waals surface area contributed by atoms with Gasteiger partial charge in [-0.25, -0.2) is 15.0 Å². The van der Waals surface area contributed by atoms with E-state index >= 15 is 0 Å². The van der Waals surface area contributed by atoms with E-state index in [0.717, 1.165) is 84.2 Å². The van der Waals surface area contributed by atoms with Gasteiger partial charge in [0.05, 0.1) is 0 Å². The summed E-state index contributed by atoms with van der Waals surface area (Å²) in [5.41, 5.74) is 18.9. The first-order valence-corrected chi connectivity index (χ1v) is 22.3. The van der Waals surface area contributed by atoms with Gasteiger partial charge in [-0.15, -0.1) is 12.8 Å². The van der Waals surface area contributed by atoms with Crippen LogP contribution in [-0.2, 0) is 0 Å². The summed E-state index contributed by atoms with van der Waals surface area (Å²) in [5, 5.41) is 0. The molecule has 0 bridgehead atoms. The van der Waals surface area contributed by atoms with Crippen LogP contribution in [0.4, 0.5) is 34.1 Å². The largest absolute Gasteiger partial charge is 0.311 e. The van der Waals surface area contributed by atoms with Crippen molar-refractivity contribution in [2.75, 3.05) is 9.80 Å². The Morgan fingerprint density at radius 3 is 1.06 bits per heavy atom. The zero-order chi connectivity index (χ0) is 44.8. The van der Waals surface area contributed by atoms with Gasteiger partial charge < -0.3 is 9.80 Å². The van der Waals surface area contributed by atoms with Crippen LogP contribution in [0.25, 0.3) is 56.4 Å². The molecule has 9 aromatic carbocycles. The number of benzene rings is 9. The third-order valence-corrected chi connectivity index (χ3v) is 12.9. The highest BCUT2D eigenvalue weighted by Crippen LogP contribution is 2.46. The van der Waals surface area contributed by atoms with Crippen molar-refractivity contribution < 1.29 is 0 Å². The molecule has 2 aliphatic heterocycles. The molecule has 0 fully saturated rings. The zero-order valence-corrected chi connectivity index (χ0v) is 36.3. The van der Waals surface area contributed by atoms with E-state index in [4.69, 9.17) is 27.8 Å². The molecule has 12 rings (SSSR count). The van der Waals surface area contributed by atoms with E-state index in [9.17, 15) is 0 Å². The number of aromatic nitrogens is 3. The Labute approximate surface area is 390 Å². The first-order valence-electron chi connectivity index (χ1n) is 22.3. The molecule has 6 heteroatoms. The van der Waals surface area contributed by atoms with E-state index in [-0.39, 0.29) is 6.71 Å². The van der Waals surface area contributed by atoms with Crippen LogP contribution in [0.1, 0.15) is 11.1 Å². The van der Waals surface area contributed by atoms with Gasteiger partial charge in [0.1, 0.15) is 0 Å². The SMILES string of the molecule is C#Cc1ccc(-c2ccc(N3c4ccccc4B4c5ccccc5N(c5ccc(-c6ccc(C#C)cc6)cc5)c5cc(-c6nc(-c7ccccc7)nc(-c7ccccc7)n6)cc3c54)cc2)cc1. The number of hydrogen-bond donors (Lipinski definition) is 0. The molecule has 67 heavy (non-hydrogen) atoms. The van der Waals surface area contributed by atoms with Gasteiger partial charge in [0, 0.05) is 61.9 Å². The monoisotopic (exact) mass is 851 g/mol. The normalized spacial score (nSPS) is 12.1. The van der Waals surface area contributed by atoms with E-state index in [2.05, 4.69) is 155 Å². The van der Waals surface area contributed by atoms with Crippen LogP contribution >= 0.6 is 0 Å². The summed E-state index contributed by atoms with van der Waals surface area (Å²) in [6.07, 6.45) is 11.4. The molecule has 0 unspecified atom stereocenters. The smallest absolute Gasteiger partial charge is 0.252 e. The minimum atomic E-state index is -0.0556. The van der Waals surface area contributed by atoms with Gasteiger partial charge in [-0.2, -0.15) is 0 Å². The Bertz CT molecular complexity index is 3350. The summed E-state index contributed by atoms with van der Waals surface area (Å²) in [7, 11) is 0. The molecular formula is C61H38BN5. The maximum Gasteiger partial charge on any atom is 0.252 e. The molecule has 10 aromatic rings. The second kappa shape index (κ2) is 16.4. The number of rotatable bonds is 7. The second-order valence-electron chi connectivity index (χ2n) is 16.7. The van der Waals surface area contributed by atoms with Crippen molar-refractivity contribution in [1.29, 1.82) is 0 Å². The van der Waals surface area contributed by atoms with Crippen molar-refractivity contribution in [2.24, 2.45) is 0 Å². The topological polar surface area (TPSA) is 45.2 Å². The van der Waals surface area contributed by atoms with Crippen LogP contribution in [-0.4, -0.2) is 21.7 Å². The van der Waals surface area contributed by atoms with Gasteiger partial charge in [-0.1, -0.05) is 157 Å². The predicted octanol–water partition coefficient (Wildman–Crippen LogP) is 12.3. The predicted molar refractivity (Wildman–Crippen MR) is 277 cm³/mol. The maximum atomic E-state index is 5.70. The Morgan fingerprint density at radius 1 is 0.328 bits per heavy atom. The lowest BCUT2D eigenvalue weighted by Gasteiger charge is -2.44. The molecule has 0 amide bonds. The number of fused-ring (bicyclic) bond motifs is 4. The van der Waals surface area contributed by atoms with Gasteiger partial charge in [-0.3, -0.25) is 0 Å². The van der Waals surface area contributed by atoms with Crippen LogP contribution in [0.2, 0.25) is 0 Å². The third kappa shape index (κ3) is 6.93. The highest BCUT2D eigenvalue weighted by molar-refractivity contribution is 7.00. The van der Waals surface area contributed by atoms with Gasteiger partial charge in [-0.05, 0) is 111 Å². The summed E-state index contributed by atoms with van der Waals surface area (Å²) < 4.78 is 0. The highest BCUT2D eigenvalue weighted by atomic mass is 15.2. The molecule has 0 aliphatic carbocycles. The fourth-order valence-corrected chi connectivity index (χ4v) is 9.64. The average molecular weight is 852 g/mol. The minimum Gasteiger partial charge on any atom is -0.311 e. The van der Waals surface area contributed by atoms with Crippen molar-refractivity contribution >= 4 is 57.2 Å².